The van der Waals surface area contributed by atoms with E-state index in [-0.39, 0.29) is 49.0 Å². The molecule has 2 amide bonds. The Morgan fingerprint density at radius 1 is 1.26 bits per heavy atom. The van der Waals surface area contributed by atoms with Gasteiger partial charge in [-0.25, -0.2) is 13.8 Å². The standard InChI is InChI=1S/C25H24ClF2N5O2/c1-24(13-20(34)33(23(30)32-24)17-8-10-25(27,28)11-9-17)18-6-3-7-19(21(18)26)31-22(35)16-5-2-4-15(12-16)14-29/h2-7,12,17H,8-11,13H2,1H3,(H2,30,32)(H,31,35)/t24-/m0/s1. The van der Waals surface area contributed by atoms with Gasteiger partial charge in [0.2, 0.25) is 11.8 Å². The molecule has 1 aliphatic heterocycles. The van der Waals surface area contributed by atoms with Crippen LogP contribution in [0.5, 0.6) is 0 Å². The number of nitrogens with zero attached hydrogens (tertiary/aromatic N) is 3. The van der Waals surface area contributed by atoms with Gasteiger partial charge in [-0.3, -0.25) is 14.5 Å². The fourth-order valence-corrected chi connectivity index (χ4v) is 5.03. The summed E-state index contributed by atoms with van der Waals surface area (Å²) in [6.45, 7) is 1.72. The number of amides is 2. The van der Waals surface area contributed by atoms with E-state index in [2.05, 4.69) is 10.3 Å². The van der Waals surface area contributed by atoms with Crippen molar-refractivity contribution in [1.82, 2.24) is 4.90 Å². The predicted molar refractivity (Wildman–Crippen MR) is 128 cm³/mol. The molecule has 1 aliphatic carbocycles. The lowest BCUT2D eigenvalue weighted by molar-refractivity contribution is -0.133. The highest BCUT2D eigenvalue weighted by Gasteiger charge is 2.44. The van der Waals surface area contributed by atoms with Gasteiger partial charge in [0.15, 0.2) is 5.96 Å². The maximum Gasteiger partial charge on any atom is 0.255 e. The highest BCUT2D eigenvalue weighted by Crippen LogP contribution is 2.42. The molecule has 1 atom stereocenters. The highest BCUT2D eigenvalue weighted by atomic mass is 35.5. The molecule has 2 aromatic rings. The first-order chi connectivity index (χ1) is 16.5. The molecule has 0 bridgehead atoms. The molecule has 2 aliphatic rings. The third-order valence-corrected chi connectivity index (χ3v) is 6.91. The van der Waals surface area contributed by atoms with E-state index < -0.39 is 23.4 Å². The van der Waals surface area contributed by atoms with Crippen LogP contribution in [0.2, 0.25) is 5.02 Å². The fraction of sp³-hybridized carbons (Fsp3) is 0.360. The summed E-state index contributed by atoms with van der Waals surface area (Å²) in [4.78, 5) is 31.7. The van der Waals surface area contributed by atoms with Crippen molar-refractivity contribution in [2.45, 2.75) is 56.5 Å². The molecule has 0 spiro atoms. The molecule has 2 aromatic carbocycles. The van der Waals surface area contributed by atoms with Gasteiger partial charge in [0.05, 0.1) is 34.3 Å². The summed E-state index contributed by atoms with van der Waals surface area (Å²) >= 11 is 6.65. The zero-order valence-electron chi connectivity index (χ0n) is 19.0. The summed E-state index contributed by atoms with van der Waals surface area (Å²) in [5, 5.41) is 12.0. The summed E-state index contributed by atoms with van der Waals surface area (Å²) < 4.78 is 27.2. The van der Waals surface area contributed by atoms with Crippen molar-refractivity contribution < 1.29 is 18.4 Å². The number of alkyl halides is 2. The minimum absolute atomic E-state index is 0.0298. The molecule has 182 valence electrons. The molecule has 1 saturated carbocycles. The van der Waals surface area contributed by atoms with E-state index in [0.717, 1.165) is 0 Å². The van der Waals surface area contributed by atoms with Crippen LogP contribution in [0.15, 0.2) is 47.5 Å². The van der Waals surface area contributed by atoms with Crippen molar-refractivity contribution in [2.24, 2.45) is 10.7 Å². The summed E-state index contributed by atoms with van der Waals surface area (Å²) in [6.07, 6.45) is -0.336. The second kappa shape index (κ2) is 9.27. The lowest BCUT2D eigenvalue weighted by Crippen LogP contribution is -2.55. The molecule has 4 rings (SSSR count). The summed E-state index contributed by atoms with van der Waals surface area (Å²) in [6, 6.07) is 12.8. The zero-order valence-corrected chi connectivity index (χ0v) is 19.8. The minimum Gasteiger partial charge on any atom is -0.369 e. The number of carbonyl (C=O) groups excluding carboxylic acids is 2. The lowest BCUT2D eigenvalue weighted by atomic mass is 9.85. The number of benzene rings is 2. The van der Waals surface area contributed by atoms with E-state index in [4.69, 9.17) is 22.6 Å². The molecule has 0 radical (unpaired) electrons. The number of carbonyl (C=O) groups is 2. The van der Waals surface area contributed by atoms with Gasteiger partial charge < -0.3 is 11.1 Å². The summed E-state index contributed by atoms with van der Waals surface area (Å²) in [7, 11) is 0. The van der Waals surface area contributed by atoms with Gasteiger partial charge in [-0.05, 0) is 44.0 Å². The van der Waals surface area contributed by atoms with Crippen molar-refractivity contribution in [2.75, 3.05) is 5.32 Å². The van der Waals surface area contributed by atoms with Gasteiger partial charge in [0.25, 0.3) is 5.91 Å². The zero-order chi connectivity index (χ0) is 25.4. The summed E-state index contributed by atoms with van der Waals surface area (Å²) in [5.74, 6) is -3.51. The third kappa shape index (κ3) is 4.98. The van der Waals surface area contributed by atoms with Crippen LogP contribution in [0, 0.1) is 11.3 Å². The first-order valence-electron chi connectivity index (χ1n) is 11.2. The van der Waals surface area contributed by atoms with Crippen molar-refractivity contribution in [3.05, 3.63) is 64.2 Å². The smallest absolute Gasteiger partial charge is 0.255 e. The number of halogens is 3. The molecule has 35 heavy (non-hydrogen) atoms. The van der Waals surface area contributed by atoms with E-state index in [0.29, 0.717) is 22.4 Å². The van der Waals surface area contributed by atoms with Crippen molar-refractivity contribution in [3.63, 3.8) is 0 Å². The quantitative estimate of drug-likeness (QED) is 0.629. The van der Waals surface area contributed by atoms with E-state index in [1.54, 1.807) is 43.3 Å². The molecule has 1 fully saturated rings. The first-order valence-corrected chi connectivity index (χ1v) is 11.6. The molecule has 7 nitrogen and oxygen atoms in total. The molecule has 0 unspecified atom stereocenters. The van der Waals surface area contributed by atoms with Crippen LogP contribution in [0.25, 0.3) is 0 Å². The predicted octanol–water partition coefficient (Wildman–Crippen LogP) is 4.80. The average molecular weight is 500 g/mol. The van der Waals surface area contributed by atoms with E-state index >= 15 is 0 Å². The van der Waals surface area contributed by atoms with E-state index in [1.165, 1.54) is 11.0 Å². The largest absolute Gasteiger partial charge is 0.369 e. The monoisotopic (exact) mass is 499 g/mol. The third-order valence-electron chi connectivity index (χ3n) is 6.51. The van der Waals surface area contributed by atoms with Crippen LogP contribution in [-0.2, 0) is 10.3 Å². The van der Waals surface area contributed by atoms with Crippen LogP contribution in [0.3, 0.4) is 0 Å². The van der Waals surface area contributed by atoms with Gasteiger partial charge in [0, 0.05) is 30.0 Å². The molecule has 3 N–H and O–H groups in total. The van der Waals surface area contributed by atoms with Crippen molar-refractivity contribution in [1.29, 1.82) is 5.26 Å². The summed E-state index contributed by atoms with van der Waals surface area (Å²) in [5.41, 5.74) is 6.53. The Labute approximate surface area is 206 Å². The number of anilines is 1. The number of hydrogen-bond donors (Lipinski definition) is 2. The Hall–Kier alpha value is -3.51. The number of nitrogens with two attached hydrogens (primary N) is 1. The molecule has 0 aromatic heterocycles. The molecule has 10 heteroatoms. The minimum atomic E-state index is -2.72. The Balaban J connectivity index is 1.59. The van der Waals surface area contributed by atoms with Gasteiger partial charge >= 0.3 is 0 Å². The van der Waals surface area contributed by atoms with Crippen LogP contribution >= 0.6 is 11.6 Å². The van der Waals surface area contributed by atoms with Gasteiger partial charge in [-0.1, -0.05) is 29.8 Å². The van der Waals surface area contributed by atoms with Crippen LogP contribution in [0.4, 0.5) is 14.5 Å². The number of rotatable bonds is 4. The molecule has 0 saturated heterocycles. The number of hydrogen-bond acceptors (Lipinski definition) is 5. The first kappa shape index (κ1) is 24.6. The van der Waals surface area contributed by atoms with Gasteiger partial charge in [-0.15, -0.1) is 0 Å². The molecular weight excluding hydrogens is 476 g/mol. The molecular formula is C25H24ClF2N5O2. The second-order valence-corrected chi connectivity index (χ2v) is 9.46. The van der Waals surface area contributed by atoms with E-state index in [9.17, 15) is 18.4 Å². The SMILES string of the molecule is C[C@@]1(c2cccc(NC(=O)c3cccc(C#N)c3)c2Cl)CC(=O)N(C2CCC(F)(F)CC2)C(N)=N1. The second-order valence-electron chi connectivity index (χ2n) is 9.09. The Bertz CT molecular complexity index is 1250. The van der Waals surface area contributed by atoms with Gasteiger partial charge in [-0.2, -0.15) is 5.26 Å². The van der Waals surface area contributed by atoms with Crippen LogP contribution in [0.1, 0.15) is 60.5 Å². The maximum absolute atomic E-state index is 13.6. The Kier molecular flexibility index (Phi) is 6.52. The van der Waals surface area contributed by atoms with Crippen molar-refractivity contribution in [3.8, 4) is 6.07 Å². The van der Waals surface area contributed by atoms with Crippen molar-refractivity contribution >= 4 is 35.1 Å². The average Bonchev–Trinajstić information content (AvgIpc) is 2.80. The molecule has 1 heterocycles. The van der Waals surface area contributed by atoms with Crippen LogP contribution < -0.4 is 11.1 Å². The van der Waals surface area contributed by atoms with Crippen LogP contribution in [-0.4, -0.2) is 34.6 Å². The van der Waals surface area contributed by atoms with E-state index in [1.807, 2.05) is 6.07 Å². The normalized spacial score (nSPS) is 22.3. The maximum atomic E-state index is 13.6. The fourth-order valence-electron chi connectivity index (χ4n) is 4.65. The lowest BCUT2D eigenvalue weighted by Gasteiger charge is -2.41. The topological polar surface area (TPSA) is 112 Å². The Morgan fingerprint density at radius 2 is 1.94 bits per heavy atom. The number of nitriles is 1. The Morgan fingerprint density at radius 3 is 2.60 bits per heavy atom. The number of guanidine groups is 1. The van der Waals surface area contributed by atoms with Gasteiger partial charge in [0.1, 0.15) is 0 Å². The highest BCUT2D eigenvalue weighted by molar-refractivity contribution is 6.35. The number of nitrogens with one attached hydrogen (secondary N) is 1. The number of aliphatic imine (C=N–C) groups is 1.